The summed E-state index contributed by atoms with van der Waals surface area (Å²) in [6, 6.07) is 4.30. The first-order valence-corrected chi connectivity index (χ1v) is 4.89. The molecule has 86 valence electrons. The largest absolute Gasteiger partial charge is 0.496 e. The zero-order valence-electron chi connectivity index (χ0n) is 9.58. The molecule has 3 nitrogen and oxygen atoms in total. The molecule has 0 bridgehead atoms. The summed E-state index contributed by atoms with van der Waals surface area (Å²) >= 11 is 0. The lowest BCUT2D eigenvalue weighted by Gasteiger charge is -2.24. The fourth-order valence-corrected chi connectivity index (χ4v) is 1.52. The van der Waals surface area contributed by atoms with Gasteiger partial charge in [0.15, 0.2) is 0 Å². The first kappa shape index (κ1) is 12.4. The van der Waals surface area contributed by atoms with E-state index in [1.54, 1.807) is 6.07 Å². The van der Waals surface area contributed by atoms with Crippen molar-refractivity contribution in [2.45, 2.75) is 19.3 Å². The van der Waals surface area contributed by atoms with Crippen LogP contribution in [0.2, 0.25) is 0 Å². The third-order valence-electron chi connectivity index (χ3n) is 2.43. The SMILES string of the molecule is COc1ccc(F)cc1C(C)(C)CN=C=O. The maximum atomic E-state index is 13.2. The van der Waals surface area contributed by atoms with Crippen LogP contribution in [-0.2, 0) is 10.2 Å². The smallest absolute Gasteiger partial charge is 0.234 e. The van der Waals surface area contributed by atoms with Crippen molar-refractivity contribution in [2.75, 3.05) is 13.7 Å². The molecule has 0 radical (unpaired) electrons. The Morgan fingerprint density at radius 3 is 2.75 bits per heavy atom. The summed E-state index contributed by atoms with van der Waals surface area (Å²) in [5.74, 6) is 0.256. The molecule has 0 unspecified atom stereocenters. The number of ether oxygens (including phenoxy) is 1. The molecule has 0 aromatic heterocycles. The molecule has 1 aromatic carbocycles. The maximum absolute atomic E-state index is 13.2. The van der Waals surface area contributed by atoms with Crippen LogP contribution in [0.15, 0.2) is 23.2 Å². The van der Waals surface area contributed by atoms with Gasteiger partial charge >= 0.3 is 0 Å². The highest BCUT2D eigenvalue weighted by Crippen LogP contribution is 2.32. The number of hydrogen-bond acceptors (Lipinski definition) is 3. The maximum Gasteiger partial charge on any atom is 0.234 e. The van der Waals surface area contributed by atoms with E-state index in [1.165, 1.54) is 25.3 Å². The second kappa shape index (κ2) is 4.90. The first-order valence-electron chi connectivity index (χ1n) is 4.89. The summed E-state index contributed by atoms with van der Waals surface area (Å²) < 4.78 is 18.3. The molecule has 0 heterocycles. The second-order valence-electron chi connectivity index (χ2n) is 4.14. The Hall–Kier alpha value is -1.67. The van der Waals surface area contributed by atoms with Crippen LogP contribution in [0.5, 0.6) is 5.75 Å². The van der Waals surface area contributed by atoms with Gasteiger partial charge in [0.25, 0.3) is 0 Å². The lowest BCUT2D eigenvalue weighted by atomic mass is 9.84. The van der Waals surface area contributed by atoms with Crippen molar-refractivity contribution in [3.63, 3.8) is 0 Å². The van der Waals surface area contributed by atoms with Gasteiger partial charge in [-0.05, 0) is 18.2 Å². The van der Waals surface area contributed by atoms with E-state index >= 15 is 0 Å². The monoisotopic (exact) mass is 223 g/mol. The van der Waals surface area contributed by atoms with Crippen molar-refractivity contribution in [3.05, 3.63) is 29.6 Å². The van der Waals surface area contributed by atoms with Gasteiger partial charge in [0.05, 0.1) is 13.7 Å². The van der Waals surface area contributed by atoms with Crippen molar-refractivity contribution in [1.29, 1.82) is 0 Å². The molecule has 4 heteroatoms. The average Bonchev–Trinajstić information content (AvgIpc) is 2.26. The predicted molar refractivity (Wildman–Crippen MR) is 59.0 cm³/mol. The summed E-state index contributed by atoms with van der Waals surface area (Å²) in [6.07, 6.45) is 1.49. The number of nitrogens with zero attached hydrogens (tertiary/aromatic N) is 1. The highest BCUT2D eigenvalue weighted by atomic mass is 19.1. The average molecular weight is 223 g/mol. The van der Waals surface area contributed by atoms with Crippen LogP contribution < -0.4 is 4.74 Å². The lowest BCUT2D eigenvalue weighted by Crippen LogP contribution is -2.22. The van der Waals surface area contributed by atoms with Crippen molar-refractivity contribution in [2.24, 2.45) is 4.99 Å². The number of isocyanates is 1. The van der Waals surface area contributed by atoms with Gasteiger partial charge in [-0.1, -0.05) is 13.8 Å². The summed E-state index contributed by atoms with van der Waals surface area (Å²) in [4.78, 5) is 13.6. The summed E-state index contributed by atoms with van der Waals surface area (Å²) in [6.45, 7) is 3.98. The van der Waals surface area contributed by atoms with Gasteiger partial charge in [-0.3, -0.25) is 0 Å². The van der Waals surface area contributed by atoms with Crippen LogP contribution in [0.4, 0.5) is 4.39 Å². The standard InChI is InChI=1S/C12H14FNO2/c1-12(2,7-14-8-15)10-6-9(13)4-5-11(10)16-3/h4-6H,7H2,1-3H3. The number of halogens is 1. The molecule has 0 N–H and O–H groups in total. The minimum absolute atomic E-state index is 0.246. The highest BCUT2D eigenvalue weighted by molar-refractivity contribution is 5.41. The van der Waals surface area contributed by atoms with Gasteiger partial charge < -0.3 is 4.74 Å². The van der Waals surface area contributed by atoms with Crippen LogP contribution in [0.3, 0.4) is 0 Å². The minimum Gasteiger partial charge on any atom is -0.496 e. The molecule has 0 saturated carbocycles. The fraction of sp³-hybridized carbons (Fsp3) is 0.417. The minimum atomic E-state index is -0.467. The van der Waals surface area contributed by atoms with Gasteiger partial charge in [0.1, 0.15) is 11.6 Å². The molecule has 0 aliphatic heterocycles. The Morgan fingerprint density at radius 2 is 2.19 bits per heavy atom. The van der Waals surface area contributed by atoms with Crippen molar-refractivity contribution in [1.82, 2.24) is 0 Å². The van der Waals surface area contributed by atoms with E-state index in [1.807, 2.05) is 13.8 Å². The number of benzene rings is 1. The highest BCUT2D eigenvalue weighted by Gasteiger charge is 2.24. The molecular weight excluding hydrogens is 209 g/mol. The van der Waals surface area contributed by atoms with Crippen molar-refractivity contribution < 1.29 is 13.9 Å². The Balaban J connectivity index is 3.18. The number of methoxy groups -OCH3 is 1. The molecule has 0 aliphatic carbocycles. The topological polar surface area (TPSA) is 38.7 Å². The van der Waals surface area contributed by atoms with Crippen LogP contribution in [-0.4, -0.2) is 19.7 Å². The molecule has 16 heavy (non-hydrogen) atoms. The van der Waals surface area contributed by atoms with Gasteiger partial charge in [-0.2, -0.15) is 0 Å². The Labute approximate surface area is 94.0 Å². The molecular formula is C12H14FNO2. The molecule has 0 spiro atoms. The summed E-state index contributed by atoms with van der Waals surface area (Å²) in [5.41, 5.74) is 0.221. The molecule has 0 fully saturated rings. The number of rotatable bonds is 4. The van der Waals surface area contributed by atoms with Gasteiger partial charge in [-0.25, -0.2) is 14.2 Å². The molecule has 1 aromatic rings. The van der Waals surface area contributed by atoms with E-state index < -0.39 is 5.41 Å². The van der Waals surface area contributed by atoms with E-state index in [0.717, 1.165) is 0 Å². The molecule has 0 saturated heterocycles. The van der Waals surface area contributed by atoms with E-state index in [9.17, 15) is 9.18 Å². The van der Waals surface area contributed by atoms with E-state index in [4.69, 9.17) is 4.74 Å². The normalized spacial score (nSPS) is 10.8. The third-order valence-corrected chi connectivity index (χ3v) is 2.43. The lowest BCUT2D eigenvalue weighted by molar-refractivity contribution is 0.391. The van der Waals surface area contributed by atoms with Gasteiger partial charge in [0.2, 0.25) is 6.08 Å². The second-order valence-corrected chi connectivity index (χ2v) is 4.14. The fourth-order valence-electron chi connectivity index (χ4n) is 1.52. The van der Waals surface area contributed by atoms with Gasteiger partial charge in [-0.15, -0.1) is 0 Å². The Kier molecular flexibility index (Phi) is 3.80. The van der Waals surface area contributed by atoms with E-state index in [0.29, 0.717) is 11.3 Å². The molecule has 0 aliphatic rings. The number of carbonyl (C=O) groups excluding carboxylic acids is 1. The molecule has 0 amide bonds. The van der Waals surface area contributed by atoms with E-state index in [2.05, 4.69) is 4.99 Å². The number of aliphatic imine (C=N–C) groups is 1. The predicted octanol–water partition coefficient (Wildman–Crippen LogP) is 2.45. The zero-order chi connectivity index (χ0) is 12.2. The first-order chi connectivity index (χ1) is 7.51. The van der Waals surface area contributed by atoms with Crippen molar-refractivity contribution in [3.8, 4) is 5.75 Å². The summed E-state index contributed by atoms with van der Waals surface area (Å²) in [5, 5.41) is 0. The van der Waals surface area contributed by atoms with Crippen LogP contribution in [0.1, 0.15) is 19.4 Å². The molecule has 1 rings (SSSR count). The quantitative estimate of drug-likeness (QED) is 0.581. The molecule has 0 atom stereocenters. The summed E-state index contributed by atoms with van der Waals surface area (Å²) in [7, 11) is 1.52. The third kappa shape index (κ3) is 2.67. The Bertz CT molecular complexity index is 423. The zero-order valence-corrected chi connectivity index (χ0v) is 9.58. The van der Waals surface area contributed by atoms with Crippen LogP contribution >= 0.6 is 0 Å². The number of hydrogen-bond donors (Lipinski definition) is 0. The Morgan fingerprint density at radius 1 is 1.50 bits per heavy atom. The van der Waals surface area contributed by atoms with Crippen LogP contribution in [0, 0.1) is 5.82 Å². The van der Waals surface area contributed by atoms with Crippen LogP contribution in [0.25, 0.3) is 0 Å². The van der Waals surface area contributed by atoms with Crippen molar-refractivity contribution >= 4 is 6.08 Å². The van der Waals surface area contributed by atoms with Gasteiger partial charge in [0, 0.05) is 11.0 Å². The van der Waals surface area contributed by atoms with E-state index in [-0.39, 0.29) is 12.4 Å².